The summed E-state index contributed by atoms with van der Waals surface area (Å²) in [6.07, 6.45) is 0.896. The lowest BCUT2D eigenvalue weighted by molar-refractivity contribution is -0.144. The van der Waals surface area contributed by atoms with Crippen LogP contribution in [0.25, 0.3) is 10.8 Å². The number of rotatable bonds is 5. The van der Waals surface area contributed by atoms with Crippen molar-refractivity contribution in [1.82, 2.24) is 4.98 Å². The third kappa shape index (κ3) is 2.94. The summed E-state index contributed by atoms with van der Waals surface area (Å²) >= 11 is 0. The van der Waals surface area contributed by atoms with Crippen LogP contribution in [-0.4, -0.2) is 38.3 Å². The van der Waals surface area contributed by atoms with E-state index >= 15 is 0 Å². The van der Waals surface area contributed by atoms with Crippen LogP contribution in [0.4, 0.5) is 5.82 Å². The second-order valence-corrected chi connectivity index (χ2v) is 4.20. The van der Waals surface area contributed by atoms with Gasteiger partial charge in [0, 0.05) is 11.6 Å². The number of phenolic OH excluding ortho intramolecular Hbond substituents is 1. The molecular weight excluding hydrogens is 264 g/mol. The summed E-state index contributed by atoms with van der Waals surface area (Å²) in [6, 6.07) is 4.99. The summed E-state index contributed by atoms with van der Waals surface area (Å²) in [4.78, 5) is 25.7. The maximum absolute atomic E-state index is 11.0. The summed E-state index contributed by atoms with van der Waals surface area (Å²) in [5.74, 6) is -2.29. The Hall–Kier alpha value is -2.83. The van der Waals surface area contributed by atoms with Crippen molar-refractivity contribution in [3.63, 3.8) is 0 Å². The minimum atomic E-state index is -1.30. The molecule has 0 amide bonds. The number of carboxylic acids is 2. The fraction of sp³-hybridized carbons (Fsp3) is 0.154. The first-order chi connectivity index (χ1) is 9.47. The van der Waals surface area contributed by atoms with Gasteiger partial charge in [0.05, 0.1) is 6.42 Å². The van der Waals surface area contributed by atoms with Crippen LogP contribution in [0, 0.1) is 0 Å². The van der Waals surface area contributed by atoms with Crippen LogP contribution >= 0.6 is 0 Å². The number of anilines is 1. The fourth-order valence-electron chi connectivity index (χ4n) is 1.81. The predicted octanol–water partition coefficient (Wildman–Crippen LogP) is 1.28. The minimum absolute atomic E-state index is 0.0126. The summed E-state index contributed by atoms with van der Waals surface area (Å²) < 4.78 is 0. The third-order valence-corrected chi connectivity index (χ3v) is 2.74. The predicted molar refractivity (Wildman–Crippen MR) is 70.7 cm³/mol. The number of aromatic nitrogens is 1. The number of aromatic hydroxyl groups is 1. The molecule has 7 nitrogen and oxygen atoms in total. The number of carboxylic acid groups (broad SMARTS) is 2. The zero-order valence-corrected chi connectivity index (χ0v) is 10.3. The Morgan fingerprint density at radius 1 is 1.25 bits per heavy atom. The Morgan fingerprint density at radius 3 is 2.65 bits per heavy atom. The lowest BCUT2D eigenvalue weighted by Crippen LogP contribution is -2.32. The van der Waals surface area contributed by atoms with E-state index in [0.717, 1.165) is 5.39 Å². The molecule has 0 bridgehead atoms. The van der Waals surface area contributed by atoms with Crippen LogP contribution in [0.15, 0.2) is 30.5 Å². The Morgan fingerprint density at radius 2 is 2.00 bits per heavy atom. The zero-order valence-electron chi connectivity index (χ0n) is 10.3. The van der Waals surface area contributed by atoms with E-state index < -0.39 is 24.4 Å². The summed E-state index contributed by atoms with van der Waals surface area (Å²) in [5.41, 5.74) is 0. The molecule has 4 N–H and O–H groups in total. The molecule has 0 radical (unpaired) electrons. The van der Waals surface area contributed by atoms with E-state index in [2.05, 4.69) is 10.3 Å². The lowest BCUT2D eigenvalue weighted by atomic mass is 10.1. The van der Waals surface area contributed by atoms with E-state index in [0.29, 0.717) is 5.39 Å². The van der Waals surface area contributed by atoms with Gasteiger partial charge in [-0.3, -0.25) is 4.79 Å². The van der Waals surface area contributed by atoms with Gasteiger partial charge in [-0.2, -0.15) is 0 Å². The average molecular weight is 276 g/mol. The number of hydrogen-bond donors (Lipinski definition) is 4. The van der Waals surface area contributed by atoms with Gasteiger partial charge >= 0.3 is 11.9 Å². The Bertz CT molecular complexity index is 671. The Balaban J connectivity index is 2.39. The molecule has 0 saturated heterocycles. The molecule has 1 unspecified atom stereocenters. The number of phenols is 1. The number of carbonyl (C=O) groups is 2. The highest BCUT2D eigenvalue weighted by atomic mass is 16.4. The molecule has 7 heteroatoms. The van der Waals surface area contributed by atoms with Gasteiger partial charge in [0.25, 0.3) is 0 Å². The van der Waals surface area contributed by atoms with Gasteiger partial charge in [0.15, 0.2) is 0 Å². The Kier molecular flexibility index (Phi) is 3.69. The van der Waals surface area contributed by atoms with Gasteiger partial charge in [-0.05, 0) is 23.6 Å². The Labute approximate surface area is 113 Å². The first-order valence-electron chi connectivity index (χ1n) is 5.76. The number of hydrogen-bond acceptors (Lipinski definition) is 5. The first-order valence-corrected chi connectivity index (χ1v) is 5.76. The van der Waals surface area contributed by atoms with Crippen molar-refractivity contribution in [2.24, 2.45) is 0 Å². The third-order valence-electron chi connectivity index (χ3n) is 2.74. The van der Waals surface area contributed by atoms with Gasteiger partial charge in [0.2, 0.25) is 0 Å². The summed E-state index contributed by atoms with van der Waals surface area (Å²) in [5, 5.41) is 31.0. The number of aliphatic carboxylic acids is 2. The molecule has 20 heavy (non-hydrogen) atoms. The maximum Gasteiger partial charge on any atom is 0.326 e. The van der Waals surface area contributed by atoms with Crippen LogP contribution in [-0.2, 0) is 9.59 Å². The average Bonchev–Trinajstić information content (AvgIpc) is 2.38. The standard InChI is InChI=1S/C13H12N2O5/c16-8-2-1-7-3-4-14-12(9(7)5-8)15-10(13(19)20)6-11(17)18/h1-5,10,16H,6H2,(H,14,15)(H,17,18)(H,19,20). The summed E-state index contributed by atoms with van der Waals surface area (Å²) in [7, 11) is 0. The van der Waals surface area contributed by atoms with Crippen molar-refractivity contribution in [3.8, 4) is 5.75 Å². The lowest BCUT2D eigenvalue weighted by Gasteiger charge is -2.14. The number of nitrogens with zero attached hydrogens (tertiary/aromatic N) is 1. The van der Waals surface area contributed by atoms with Gasteiger partial charge in [-0.1, -0.05) is 6.07 Å². The highest BCUT2D eigenvalue weighted by Gasteiger charge is 2.22. The molecule has 1 aromatic carbocycles. The topological polar surface area (TPSA) is 120 Å². The molecule has 2 rings (SSSR count). The minimum Gasteiger partial charge on any atom is -0.508 e. The van der Waals surface area contributed by atoms with E-state index in [9.17, 15) is 14.7 Å². The molecule has 0 fully saturated rings. The van der Waals surface area contributed by atoms with Crippen molar-refractivity contribution >= 4 is 28.5 Å². The molecule has 0 spiro atoms. The molecule has 104 valence electrons. The van der Waals surface area contributed by atoms with Crippen LogP contribution in [0.5, 0.6) is 5.75 Å². The largest absolute Gasteiger partial charge is 0.508 e. The molecule has 0 aliphatic heterocycles. The van der Waals surface area contributed by atoms with Gasteiger partial charge < -0.3 is 20.6 Å². The van der Waals surface area contributed by atoms with Gasteiger partial charge in [-0.15, -0.1) is 0 Å². The number of fused-ring (bicyclic) bond motifs is 1. The second-order valence-electron chi connectivity index (χ2n) is 4.20. The fourth-order valence-corrected chi connectivity index (χ4v) is 1.81. The van der Waals surface area contributed by atoms with Crippen molar-refractivity contribution < 1.29 is 24.9 Å². The van der Waals surface area contributed by atoms with Crippen LogP contribution in [0.2, 0.25) is 0 Å². The van der Waals surface area contributed by atoms with E-state index in [1.807, 2.05) is 0 Å². The monoisotopic (exact) mass is 276 g/mol. The SMILES string of the molecule is O=C(O)CC(Nc1nccc2ccc(O)cc12)C(=O)O. The van der Waals surface area contributed by atoms with Crippen molar-refractivity contribution in [1.29, 1.82) is 0 Å². The maximum atomic E-state index is 11.0. The van der Waals surface area contributed by atoms with Crippen LogP contribution < -0.4 is 5.32 Å². The van der Waals surface area contributed by atoms with E-state index in [1.165, 1.54) is 18.3 Å². The molecule has 1 aromatic heterocycles. The molecular formula is C13H12N2O5. The van der Waals surface area contributed by atoms with Crippen LogP contribution in [0.3, 0.4) is 0 Å². The highest BCUT2D eigenvalue weighted by molar-refractivity contribution is 5.94. The van der Waals surface area contributed by atoms with E-state index in [1.54, 1.807) is 12.1 Å². The van der Waals surface area contributed by atoms with Crippen molar-refractivity contribution in [2.45, 2.75) is 12.5 Å². The number of nitrogens with one attached hydrogen (secondary N) is 1. The van der Waals surface area contributed by atoms with Gasteiger partial charge in [-0.25, -0.2) is 9.78 Å². The normalized spacial score (nSPS) is 12.0. The molecule has 1 atom stereocenters. The highest BCUT2D eigenvalue weighted by Crippen LogP contribution is 2.25. The molecule has 0 aliphatic carbocycles. The van der Waals surface area contributed by atoms with Crippen molar-refractivity contribution in [2.75, 3.05) is 5.32 Å². The zero-order chi connectivity index (χ0) is 14.7. The van der Waals surface area contributed by atoms with Crippen molar-refractivity contribution in [3.05, 3.63) is 30.5 Å². The van der Waals surface area contributed by atoms with Gasteiger partial charge in [0.1, 0.15) is 17.6 Å². The van der Waals surface area contributed by atoms with Crippen LogP contribution in [0.1, 0.15) is 6.42 Å². The second kappa shape index (κ2) is 5.43. The molecule has 0 saturated carbocycles. The number of pyridine rings is 1. The van der Waals surface area contributed by atoms with E-state index in [4.69, 9.17) is 10.2 Å². The first kappa shape index (κ1) is 13.6. The number of benzene rings is 1. The smallest absolute Gasteiger partial charge is 0.326 e. The quantitative estimate of drug-likeness (QED) is 0.649. The molecule has 1 heterocycles. The molecule has 0 aliphatic rings. The summed E-state index contributed by atoms with van der Waals surface area (Å²) in [6.45, 7) is 0. The molecule has 2 aromatic rings. The van der Waals surface area contributed by atoms with E-state index in [-0.39, 0.29) is 11.6 Å².